The van der Waals surface area contributed by atoms with Gasteiger partial charge in [-0.15, -0.1) is 0 Å². The van der Waals surface area contributed by atoms with E-state index in [9.17, 15) is 13.2 Å². The van der Waals surface area contributed by atoms with Crippen LogP contribution in [0.4, 0.5) is 5.69 Å². The van der Waals surface area contributed by atoms with E-state index >= 15 is 0 Å². The first kappa shape index (κ1) is 27.9. The van der Waals surface area contributed by atoms with Crippen LogP contribution in [0.1, 0.15) is 18.4 Å². The zero-order chi connectivity index (χ0) is 26.0. The predicted octanol–water partition coefficient (Wildman–Crippen LogP) is 5.19. The lowest BCUT2D eigenvalue weighted by molar-refractivity contribution is -0.119. The monoisotopic (exact) mass is 565 g/mol. The first-order valence-corrected chi connectivity index (χ1v) is 13.7. The molecule has 0 fully saturated rings. The van der Waals surface area contributed by atoms with Crippen molar-refractivity contribution in [1.29, 1.82) is 0 Å². The fourth-order valence-electron chi connectivity index (χ4n) is 3.13. The average molecular weight is 567 g/mol. The highest BCUT2D eigenvalue weighted by atomic mass is 35.5. The van der Waals surface area contributed by atoms with Gasteiger partial charge in [0.2, 0.25) is 15.9 Å². The Morgan fingerprint density at radius 3 is 2.39 bits per heavy atom. The lowest BCUT2D eigenvalue weighted by atomic mass is 10.2. The molecule has 1 amide bonds. The predicted molar refractivity (Wildman–Crippen MR) is 147 cm³/mol. The number of amides is 1. The van der Waals surface area contributed by atoms with Gasteiger partial charge < -0.3 is 15.4 Å². The zero-order valence-electron chi connectivity index (χ0n) is 19.2. The van der Waals surface area contributed by atoms with E-state index in [1.807, 2.05) is 30.3 Å². The Kier molecular flexibility index (Phi) is 10.5. The lowest BCUT2D eigenvalue weighted by Gasteiger charge is -2.11. The summed E-state index contributed by atoms with van der Waals surface area (Å²) in [7, 11) is -3.64. The van der Waals surface area contributed by atoms with Crippen LogP contribution in [0, 0.1) is 0 Å². The number of sulfonamides is 1. The largest absolute Gasteiger partial charge is 0.492 e. The second-order valence-corrected chi connectivity index (χ2v) is 10.7. The van der Waals surface area contributed by atoms with E-state index in [0.717, 1.165) is 5.56 Å². The van der Waals surface area contributed by atoms with Crippen molar-refractivity contribution in [2.75, 3.05) is 18.5 Å². The van der Waals surface area contributed by atoms with E-state index in [4.69, 9.17) is 40.2 Å². The summed E-state index contributed by atoms with van der Waals surface area (Å²) in [6, 6.07) is 20.6. The van der Waals surface area contributed by atoms with E-state index in [0.29, 0.717) is 47.5 Å². The molecule has 0 aliphatic heterocycles. The van der Waals surface area contributed by atoms with Crippen LogP contribution in [-0.4, -0.2) is 32.6 Å². The summed E-state index contributed by atoms with van der Waals surface area (Å²) in [6.45, 7) is 0.588. The molecule has 3 rings (SSSR count). The van der Waals surface area contributed by atoms with E-state index in [-0.39, 0.29) is 22.3 Å². The van der Waals surface area contributed by atoms with E-state index in [1.165, 1.54) is 12.1 Å². The SMILES string of the molecule is O=C(CCCOc1ccc(Cl)cc1Cl)NC(=S)Nc1ccc(S(=O)(=O)NCCc2ccccc2)cc1. The van der Waals surface area contributed by atoms with Crippen molar-refractivity contribution in [3.63, 3.8) is 0 Å². The number of hydrogen-bond acceptors (Lipinski definition) is 5. The third-order valence-electron chi connectivity index (χ3n) is 4.92. The maximum atomic E-state index is 12.5. The van der Waals surface area contributed by atoms with Gasteiger partial charge in [-0.05, 0) is 73.1 Å². The van der Waals surface area contributed by atoms with Crippen molar-refractivity contribution in [2.45, 2.75) is 24.2 Å². The summed E-state index contributed by atoms with van der Waals surface area (Å²) in [4.78, 5) is 12.3. The van der Waals surface area contributed by atoms with E-state index in [1.54, 1.807) is 30.3 Å². The highest BCUT2D eigenvalue weighted by Gasteiger charge is 2.13. The number of thiocarbonyl (C=S) groups is 1. The summed E-state index contributed by atoms with van der Waals surface area (Å²) < 4.78 is 33.2. The van der Waals surface area contributed by atoms with Crippen LogP contribution in [0.2, 0.25) is 10.0 Å². The highest BCUT2D eigenvalue weighted by molar-refractivity contribution is 7.89. The van der Waals surface area contributed by atoms with Gasteiger partial charge in [-0.2, -0.15) is 0 Å². The van der Waals surface area contributed by atoms with Crippen molar-refractivity contribution in [1.82, 2.24) is 10.0 Å². The number of hydrogen-bond donors (Lipinski definition) is 3. The topological polar surface area (TPSA) is 96.5 Å². The first-order chi connectivity index (χ1) is 17.2. The van der Waals surface area contributed by atoms with Crippen LogP contribution in [-0.2, 0) is 21.2 Å². The average Bonchev–Trinajstić information content (AvgIpc) is 2.84. The van der Waals surface area contributed by atoms with Gasteiger partial charge in [0.15, 0.2) is 5.11 Å². The summed E-state index contributed by atoms with van der Waals surface area (Å²) in [6.07, 6.45) is 1.24. The summed E-state index contributed by atoms with van der Waals surface area (Å²) >= 11 is 17.1. The van der Waals surface area contributed by atoms with Gasteiger partial charge in [0, 0.05) is 23.7 Å². The quantitative estimate of drug-likeness (QED) is 0.219. The first-order valence-electron chi connectivity index (χ1n) is 11.1. The number of ether oxygens (including phenoxy) is 1. The Morgan fingerprint density at radius 2 is 1.69 bits per heavy atom. The number of carbonyl (C=O) groups excluding carboxylic acids is 1. The number of rotatable bonds is 11. The second-order valence-electron chi connectivity index (χ2n) is 7.69. The molecule has 3 aromatic carbocycles. The molecule has 0 atom stereocenters. The van der Waals surface area contributed by atoms with Crippen molar-refractivity contribution >= 4 is 62.2 Å². The number of anilines is 1. The van der Waals surface area contributed by atoms with Gasteiger partial charge in [-0.3, -0.25) is 4.79 Å². The molecule has 0 saturated carbocycles. The molecule has 0 spiro atoms. The Balaban J connectivity index is 1.39. The maximum absolute atomic E-state index is 12.5. The second kappa shape index (κ2) is 13.6. The van der Waals surface area contributed by atoms with Crippen molar-refractivity contribution < 1.29 is 17.9 Å². The van der Waals surface area contributed by atoms with Crippen LogP contribution in [0.15, 0.2) is 77.7 Å². The van der Waals surface area contributed by atoms with E-state index < -0.39 is 10.0 Å². The van der Waals surface area contributed by atoms with Crippen LogP contribution < -0.4 is 20.1 Å². The molecular formula is C25H25Cl2N3O4S2. The van der Waals surface area contributed by atoms with Gasteiger partial charge in [-0.1, -0.05) is 53.5 Å². The molecule has 7 nitrogen and oxygen atoms in total. The lowest BCUT2D eigenvalue weighted by Crippen LogP contribution is -2.34. The van der Waals surface area contributed by atoms with Crippen LogP contribution in [0.25, 0.3) is 0 Å². The molecule has 3 aromatic rings. The smallest absolute Gasteiger partial charge is 0.240 e. The highest BCUT2D eigenvalue weighted by Crippen LogP contribution is 2.27. The molecule has 0 aliphatic carbocycles. The normalized spacial score (nSPS) is 11.1. The number of benzene rings is 3. The van der Waals surface area contributed by atoms with Crippen molar-refractivity contribution in [2.24, 2.45) is 0 Å². The van der Waals surface area contributed by atoms with Crippen LogP contribution in [0.3, 0.4) is 0 Å². The van der Waals surface area contributed by atoms with Crippen LogP contribution >= 0.6 is 35.4 Å². The fourth-order valence-corrected chi connectivity index (χ4v) is 4.86. The van der Waals surface area contributed by atoms with Crippen LogP contribution in [0.5, 0.6) is 5.75 Å². The van der Waals surface area contributed by atoms with Gasteiger partial charge in [0.05, 0.1) is 16.5 Å². The number of halogens is 2. The molecular weight excluding hydrogens is 541 g/mol. The molecule has 0 saturated heterocycles. The third-order valence-corrected chi connectivity index (χ3v) is 7.14. The minimum atomic E-state index is -3.64. The number of carbonyl (C=O) groups is 1. The van der Waals surface area contributed by atoms with Gasteiger partial charge in [0.1, 0.15) is 5.75 Å². The molecule has 0 aliphatic rings. The molecule has 0 unspecified atom stereocenters. The molecule has 11 heteroatoms. The van der Waals surface area contributed by atoms with E-state index in [2.05, 4.69) is 15.4 Å². The van der Waals surface area contributed by atoms with Gasteiger partial charge >= 0.3 is 0 Å². The van der Waals surface area contributed by atoms with Gasteiger partial charge in [0.25, 0.3) is 0 Å². The molecule has 3 N–H and O–H groups in total. The fraction of sp³-hybridized carbons (Fsp3) is 0.200. The van der Waals surface area contributed by atoms with Gasteiger partial charge in [-0.25, -0.2) is 13.1 Å². The molecule has 36 heavy (non-hydrogen) atoms. The molecule has 0 radical (unpaired) electrons. The minimum Gasteiger partial charge on any atom is -0.492 e. The molecule has 190 valence electrons. The Hall–Kier alpha value is -2.69. The number of nitrogens with one attached hydrogen (secondary N) is 3. The zero-order valence-corrected chi connectivity index (χ0v) is 22.3. The minimum absolute atomic E-state index is 0.109. The Morgan fingerprint density at radius 1 is 0.972 bits per heavy atom. The molecule has 0 aromatic heterocycles. The summed E-state index contributed by atoms with van der Waals surface area (Å²) in [5.41, 5.74) is 1.60. The Labute approximate surface area is 226 Å². The van der Waals surface area contributed by atoms with Crippen molar-refractivity contribution in [3.8, 4) is 5.75 Å². The molecule has 0 heterocycles. The standard InChI is InChI=1S/C25H25Cl2N3O4S2/c26-19-8-13-23(22(27)17-19)34-16-4-7-24(31)30-25(35)29-20-9-11-21(12-10-20)36(32,33)28-15-14-18-5-2-1-3-6-18/h1-3,5-6,8-13,17,28H,4,7,14-16H2,(H2,29,30,31,35). The molecule has 0 bridgehead atoms. The summed E-state index contributed by atoms with van der Waals surface area (Å²) in [5, 5.41) is 6.48. The third kappa shape index (κ3) is 9.07. The van der Waals surface area contributed by atoms with Crippen molar-refractivity contribution in [3.05, 3.63) is 88.4 Å². The summed E-state index contributed by atoms with van der Waals surface area (Å²) in [5.74, 6) is 0.218. The Bertz CT molecular complexity index is 1290. The maximum Gasteiger partial charge on any atom is 0.240 e.